The number of aromatic nitrogens is 1. The molecule has 1 aromatic heterocycles. The predicted molar refractivity (Wildman–Crippen MR) is 145 cm³/mol. The number of hydrogen-bond donors (Lipinski definition) is 1. The first-order chi connectivity index (χ1) is 19.7. The van der Waals surface area contributed by atoms with Gasteiger partial charge in [0.05, 0.1) is 13.2 Å². The molecular formula is C30H37FN2O8. The predicted octanol–water partition coefficient (Wildman–Crippen LogP) is 4.00. The highest BCUT2D eigenvalue weighted by Gasteiger charge is 2.36. The summed E-state index contributed by atoms with van der Waals surface area (Å²) in [7, 11) is 1.40. The van der Waals surface area contributed by atoms with Crippen LogP contribution in [0.5, 0.6) is 11.5 Å². The molecule has 2 heterocycles. The zero-order chi connectivity index (χ0) is 29.4. The molecule has 4 rings (SSSR count). The third-order valence-corrected chi connectivity index (χ3v) is 7.29. The van der Waals surface area contributed by atoms with Gasteiger partial charge in [0, 0.05) is 25.8 Å². The monoisotopic (exact) mass is 572 g/mol. The van der Waals surface area contributed by atoms with E-state index in [0.717, 1.165) is 18.4 Å². The highest BCUT2D eigenvalue weighted by atomic mass is 19.1. The Morgan fingerprint density at radius 3 is 2.56 bits per heavy atom. The van der Waals surface area contributed by atoms with E-state index in [1.54, 1.807) is 12.1 Å². The van der Waals surface area contributed by atoms with Crippen molar-refractivity contribution in [2.45, 2.75) is 70.6 Å². The number of rotatable bonds is 11. The van der Waals surface area contributed by atoms with Crippen molar-refractivity contribution in [3.8, 4) is 11.5 Å². The van der Waals surface area contributed by atoms with Crippen LogP contribution in [0.1, 0.15) is 62.0 Å². The van der Waals surface area contributed by atoms with Crippen LogP contribution >= 0.6 is 0 Å². The lowest BCUT2D eigenvalue weighted by atomic mass is 9.86. The van der Waals surface area contributed by atoms with Gasteiger partial charge in [0.2, 0.25) is 6.79 Å². The van der Waals surface area contributed by atoms with Gasteiger partial charge < -0.3 is 29.0 Å². The van der Waals surface area contributed by atoms with E-state index in [9.17, 15) is 18.8 Å². The molecule has 11 heteroatoms. The van der Waals surface area contributed by atoms with Gasteiger partial charge in [-0.1, -0.05) is 18.6 Å². The maximum Gasteiger partial charge on any atom is 0.329 e. The lowest BCUT2D eigenvalue weighted by Gasteiger charge is -2.31. The summed E-state index contributed by atoms with van der Waals surface area (Å²) < 4.78 is 41.3. The summed E-state index contributed by atoms with van der Waals surface area (Å²) in [6.45, 7) is 3.19. The van der Waals surface area contributed by atoms with E-state index < -0.39 is 36.8 Å². The minimum absolute atomic E-state index is 0.0218. The van der Waals surface area contributed by atoms with Crippen molar-refractivity contribution in [2.24, 2.45) is 11.8 Å². The summed E-state index contributed by atoms with van der Waals surface area (Å²) in [5.74, 6) is -1.35. The molecule has 0 radical (unpaired) electrons. The first-order valence-electron chi connectivity index (χ1n) is 13.9. The van der Waals surface area contributed by atoms with Gasteiger partial charge in [0.15, 0.2) is 17.2 Å². The van der Waals surface area contributed by atoms with Gasteiger partial charge in [0.1, 0.15) is 18.0 Å². The van der Waals surface area contributed by atoms with E-state index in [4.69, 9.17) is 23.7 Å². The van der Waals surface area contributed by atoms with Crippen LogP contribution in [-0.4, -0.2) is 61.6 Å². The number of methoxy groups -OCH3 is 1. The van der Waals surface area contributed by atoms with Gasteiger partial charge in [-0.3, -0.25) is 9.59 Å². The van der Waals surface area contributed by atoms with Crippen molar-refractivity contribution in [3.63, 3.8) is 0 Å². The number of halogens is 1. The smallest absolute Gasteiger partial charge is 0.329 e. The Morgan fingerprint density at radius 1 is 1.12 bits per heavy atom. The summed E-state index contributed by atoms with van der Waals surface area (Å²) in [4.78, 5) is 41.9. The number of nitrogens with one attached hydrogen (secondary N) is 1. The fourth-order valence-electron chi connectivity index (χ4n) is 4.95. The van der Waals surface area contributed by atoms with E-state index in [1.165, 1.54) is 38.4 Å². The first kappa shape index (κ1) is 30.2. The molecule has 1 aliphatic heterocycles. The quantitative estimate of drug-likeness (QED) is 0.315. The van der Waals surface area contributed by atoms with Crippen molar-refractivity contribution in [3.05, 3.63) is 53.6 Å². The SMILES string of the molecule is COc1ccnc(C(=O)N[C@H]2CCC[C@H](Cc3ccc(F)cc3)[C@@H](OCC3CC3)[C@H](C)OC2=O)c1OCOC(C)=O. The van der Waals surface area contributed by atoms with Gasteiger partial charge in [-0.25, -0.2) is 14.2 Å². The Hall–Kier alpha value is -3.73. The molecule has 1 saturated carbocycles. The Labute approximate surface area is 238 Å². The highest BCUT2D eigenvalue weighted by molar-refractivity contribution is 5.98. The number of hydrogen-bond acceptors (Lipinski definition) is 9. The third-order valence-electron chi connectivity index (χ3n) is 7.29. The van der Waals surface area contributed by atoms with Crippen molar-refractivity contribution in [1.82, 2.24) is 10.3 Å². The number of cyclic esters (lactones) is 1. The second-order valence-corrected chi connectivity index (χ2v) is 10.5. The second kappa shape index (κ2) is 14.2. The minimum Gasteiger partial charge on any atom is -0.493 e. The van der Waals surface area contributed by atoms with Gasteiger partial charge in [-0.2, -0.15) is 0 Å². The number of esters is 2. The average molecular weight is 573 g/mol. The molecule has 0 unspecified atom stereocenters. The van der Waals surface area contributed by atoms with Crippen LogP contribution < -0.4 is 14.8 Å². The minimum atomic E-state index is -0.937. The topological polar surface area (TPSA) is 122 Å². The molecule has 2 aromatic rings. The van der Waals surface area contributed by atoms with Crippen LogP contribution in [0.15, 0.2) is 36.5 Å². The fourth-order valence-corrected chi connectivity index (χ4v) is 4.95. The number of nitrogens with zero attached hydrogens (tertiary/aromatic N) is 1. The molecule has 222 valence electrons. The summed E-state index contributed by atoms with van der Waals surface area (Å²) >= 11 is 0. The van der Waals surface area contributed by atoms with E-state index in [2.05, 4.69) is 10.3 Å². The standard InChI is InChI=1S/C30H37FN2O8/c1-18-27(38-16-21-7-8-21)22(15-20-9-11-23(31)12-10-20)5-4-6-24(30(36)41-18)33-29(35)26-28(40-17-39-19(2)34)25(37-3)13-14-32-26/h9-14,18,21-22,24,27H,4-8,15-17H2,1-3H3,(H,33,35)/t18-,22+,24-,27-/m0/s1. The average Bonchev–Trinajstić information content (AvgIpc) is 3.77. The summed E-state index contributed by atoms with van der Waals surface area (Å²) in [5.41, 5.74) is 0.849. The normalized spacial score (nSPS) is 22.9. The maximum atomic E-state index is 13.5. The van der Waals surface area contributed by atoms with Crippen LogP contribution in [0.25, 0.3) is 0 Å². The molecule has 2 aliphatic rings. The zero-order valence-corrected chi connectivity index (χ0v) is 23.6. The van der Waals surface area contributed by atoms with E-state index in [-0.39, 0.29) is 35.0 Å². The third kappa shape index (κ3) is 8.63. The molecule has 41 heavy (non-hydrogen) atoms. The van der Waals surface area contributed by atoms with E-state index in [0.29, 0.717) is 38.2 Å². The van der Waals surface area contributed by atoms with Crippen LogP contribution in [-0.2, 0) is 30.2 Å². The molecule has 1 aromatic carbocycles. The first-order valence-corrected chi connectivity index (χ1v) is 13.9. The summed E-state index contributed by atoms with van der Waals surface area (Å²) in [6, 6.07) is 6.97. The Kier molecular flexibility index (Phi) is 10.5. The zero-order valence-electron chi connectivity index (χ0n) is 23.6. The molecule has 0 spiro atoms. The Bertz CT molecular complexity index is 1200. The largest absolute Gasteiger partial charge is 0.493 e. The van der Waals surface area contributed by atoms with Gasteiger partial charge in [-0.05, 0) is 68.6 Å². The lowest BCUT2D eigenvalue weighted by Crippen LogP contribution is -2.45. The molecule has 4 atom stereocenters. The number of carbonyl (C=O) groups is 3. The number of pyridine rings is 1. The molecule has 1 amide bonds. The number of benzene rings is 1. The highest BCUT2D eigenvalue weighted by Crippen LogP contribution is 2.33. The van der Waals surface area contributed by atoms with Gasteiger partial charge in [-0.15, -0.1) is 0 Å². The molecule has 0 bridgehead atoms. The molecular weight excluding hydrogens is 535 g/mol. The van der Waals surface area contributed by atoms with Crippen molar-refractivity contribution < 1.29 is 42.5 Å². The van der Waals surface area contributed by atoms with Gasteiger partial charge in [0.25, 0.3) is 5.91 Å². The summed E-state index contributed by atoms with van der Waals surface area (Å²) in [6.07, 6.45) is 5.02. The Morgan fingerprint density at radius 2 is 1.88 bits per heavy atom. The Balaban J connectivity index is 1.49. The maximum absolute atomic E-state index is 13.5. The van der Waals surface area contributed by atoms with Crippen LogP contribution in [0.2, 0.25) is 0 Å². The number of amides is 1. The number of ether oxygens (including phenoxy) is 5. The molecule has 10 nitrogen and oxygen atoms in total. The fraction of sp³-hybridized carbons (Fsp3) is 0.533. The van der Waals surface area contributed by atoms with E-state index >= 15 is 0 Å². The van der Waals surface area contributed by atoms with Crippen LogP contribution in [0, 0.1) is 17.7 Å². The second-order valence-electron chi connectivity index (χ2n) is 10.5. The summed E-state index contributed by atoms with van der Waals surface area (Å²) in [5, 5.41) is 2.74. The van der Waals surface area contributed by atoms with E-state index in [1.807, 2.05) is 6.92 Å². The van der Waals surface area contributed by atoms with Crippen molar-refractivity contribution >= 4 is 17.8 Å². The van der Waals surface area contributed by atoms with Crippen LogP contribution in [0.4, 0.5) is 4.39 Å². The van der Waals surface area contributed by atoms with Crippen molar-refractivity contribution in [1.29, 1.82) is 0 Å². The molecule has 1 N–H and O–H groups in total. The van der Waals surface area contributed by atoms with Crippen molar-refractivity contribution in [2.75, 3.05) is 20.5 Å². The van der Waals surface area contributed by atoms with Gasteiger partial charge >= 0.3 is 11.9 Å². The van der Waals surface area contributed by atoms with Crippen LogP contribution in [0.3, 0.4) is 0 Å². The molecule has 1 saturated heterocycles. The molecule has 1 aliphatic carbocycles. The number of carbonyl (C=O) groups excluding carboxylic acids is 3. The molecule has 2 fully saturated rings. The lowest BCUT2D eigenvalue weighted by molar-refractivity contribution is -0.161.